The minimum absolute atomic E-state index is 0.0540. The van der Waals surface area contributed by atoms with Crippen LogP contribution in [0, 0.1) is 5.41 Å². The number of urea groups is 1. The van der Waals surface area contributed by atoms with Crippen LogP contribution in [0.2, 0.25) is 0 Å². The molecule has 0 aromatic carbocycles. The average molecular weight is 296 g/mol. The van der Waals surface area contributed by atoms with Crippen molar-refractivity contribution in [1.29, 1.82) is 0 Å². The van der Waals surface area contributed by atoms with E-state index in [-0.39, 0.29) is 23.9 Å². The molecule has 0 saturated carbocycles. The zero-order valence-electron chi connectivity index (χ0n) is 12.8. The van der Waals surface area contributed by atoms with Crippen LogP contribution in [0.4, 0.5) is 4.79 Å². The van der Waals surface area contributed by atoms with Crippen molar-refractivity contribution in [3.05, 3.63) is 24.2 Å². The molecule has 1 aromatic heterocycles. The highest BCUT2D eigenvalue weighted by Crippen LogP contribution is 2.22. The Labute approximate surface area is 124 Å². The standard InChI is InChI=1S/C15H24N2O4/c1-15(2,3)10-11(9-13(18)19)17-14(20)16-7-6-12-5-4-8-21-12/h4-5,8,11H,6-7,9-10H2,1-3H3,(H,18,19)(H2,16,17,20). The summed E-state index contributed by atoms with van der Waals surface area (Å²) in [5.41, 5.74) is -0.0540. The minimum atomic E-state index is -0.917. The molecule has 6 heteroatoms. The first-order chi connectivity index (χ1) is 9.76. The smallest absolute Gasteiger partial charge is 0.315 e. The first kappa shape index (κ1) is 17.1. The Balaban J connectivity index is 2.38. The number of hydrogen-bond acceptors (Lipinski definition) is 3. The number of hydrogen-bond donors (Lipinski definition) is 3. The Morgan fingerprint density at radius 2 is 2.10 bits per heavy atom. The maximum atomic E-state index is 11.8. The van der Waals surface area contributed by atoms with Gasteiger partial charge in [0.25, 0.3) is 0 Å². The zero-order valence-corrected chi connectivity index (χ0v) is 12.8. The molecule has 0 spiro atoms. The highest BCUT2D eigenvalue weighted by Gasteiger charge is 2.22. The van der Waals surface area contributed by atoms with Crippen molar-refractivity contribution in [2.75, 3.05) is 6.54 Å². The number of amides is 2. The van der Waals surface area contributed by atoms with Crippen LogP contribution in [-0.2, 0) is 11.2 Å². The topological polar surface area (TPSA) is 91.6 Å². The summed E-state index contributed by atoms with van der Waals surface area (Å²) in [4.78, 5) is 22.7. The summed E-state index contributed by atoms with van der Waals surface area (Å²) < 4.78 is 5.17. The van der Waals surface area contributed by atoms with Gasteiger partial charge >= 0.3 is 12.0 Å². The van der Waals surface area contributed by atoms with Gasteiger partial charge in [0.2, 0.25) is 0 Å². The fourth-order valence-electron chi connectivity index (χ4n) is 2.11. The van der Waals surface area contributed by atoms with Gasteiger partial charge in [-0.2, -0.15) is 0 Å². The maximum absolute atomic E-state index is 11.8. The average Bonchev–Trinajstić information content (AvgIpc) is 2.78. The molecule has 0 saturated heterocycles. The van der Waals surface area contributed by atoms with Gasteiger partial charge in [0.05, 0.1) is 12.7 Å². The number of nitrogens with one attached hydrogen (secondary N) is 2. The summed E-state index contributed by atoms with van der Waals surface area (Å²) >= 11 is 0. The lowest BCUT2D eigenvalue weighted by Gasteiger charge is -2.25. The quantitative estimate of drug-likeness (QED) is 0.720. The maximum Gasteiger partial charge on any atom is 0.315 e. The fourth-order valence-corrected chi connectivity index (χ4v) is 2.11. The highest BCUT2D eigenvalue weighted by molar-refractivity contribution is 5.75. The summed E-state index contributed by atoms with van der Waals surface area (Å²) in [6, 6.07) is 2.90. The summed E-state index contributed by atoms with van der Waals surface area (Å²) in [5, 5.41) is 14.3. The molecule has 0 aliphatic heterocycles. The molecule has 0 radical (unpaired) electrons. The van der Waals surface area contributed by atoms with E-state index in [1.807, 2.05) is 26.8 Å². The lowest BCUT2D eigenvalue weighted by Crippen LogP contribution is -2.45. The first-order valence-electron chi connectivity index (χ1n) is 7.05. The van der Waals surface area contributed by atoms with Gasteiger partial charge in [-0.25, -0.2) is 4.79 Å². The van der Waals surface area contributed by atoms with Crippen LogP contribution < -0.4 is 10.6 Å². The number of furan rings is 1. The van der Waals surface area contributed by atoms with Crippen molar-refractivity contribution in [1.82, 2.24) is 10.6 Å². The van der Waals surface area contributed by atoms with Crippen LogP contribution in [0.25, 0.3) is 0 Å². The minimum Gasteiger partial charge on any atom is -0.481 e. The lowest BCUT2D eigenvalue weighted by molar-refractivity contribution is -0.137. The molecule has 6 nitrogen and oxygen atoms in total. The second kappa shape index (κ2) is 7.71. The van der Waals surface area contributed by atoms with Crippen LogP contribution in [0.3, 0.4) is 0 Å². The Morgan fingerprint density at radius 1 is 1.38 bits per heavy atom. The first-order valence-corrected chi connectivity index (χ1v) is 7.05. The van der Waals surface area contributed by atoms with E-state index in [0.29, 0.717) is 19.4 Å². The molecule has 0 aliphatic rings. The van der Waals surface area contributed by atoms with E-state index < -0.39 is 5.97 Å². The van der Waals surface area contributed by atoms with Gasteiger partial charge in [0, 0.05) is 19.0 Å². The van der Waals surface area contributed by atoms with Gasteiger partial charge in [0.1, 0.15) is 5.76 Å². The summed E-state index contributed by atoms with van der Waals surface area (Å²) in [6.45, 7) is 6.48. The van der Waals surface area contributed by atoms with E-state index in [1.54, 1.807) is 12.3 Å². The van der Waals surface area contributed by atoms with Crippen molar-refractivity contribution >= 4 is 12.0 Å². The SMILES string of the molecule is CC(C)(C)CC(CC(=O)O)NC(=O)NCCc1ccco1. The number of aliphatic carboxylic acids is 1. The fraction of sp³-hybridized carbons (Fsp3) is 0.600. The summed E-state index contributed by atoms with van der Waals surface area (Å²) in [6.07, 6.45) is 2.71. The predicted octanol–water partition coefficient (Wildman–Crippen LogP) is 2.40. The number of carboxylic acids is 1. The molecule has 118 valence electrons. The molecule has 0 fully saturated rings. The van der Waals surface area contributed by atoms with E-state index in [2.05, 4.69) is 10.6 Å². The molecule has 2 amide bonds. The van der Waals surface area contributed by atoms with E-state index >= 15 is 0 Å². The number of carbonyl (C=O) groups is 2. The molecule has 0 aliphatic carbocycles. The Morgan fingerprint density at radius 3 is 2.62 bits per heavy atom. The Hall–Kier alpha value is -1.98. The molecule has 1 atom stereocenters. The van der Waals surface area contributed by atoms with Gasteiger partial charge in [-0.3, -0.25) is 4.79 Å². The Kier molecular flexibility index (Phi) is 6.27. The van der Waals surface area contributed by atoms with Crippen LogP contribution in [0.5, 0.6) is 0 Å². The summed E-state index contributed by atoms with van der Waals surface area (Å²) in [5.74, 6) is -0.118. The third kappa shape index (κ3) is 8.02. The molecule has 1 heterocycles. The van der Waals surface area contributed by atoms with Crippen LogP contribution >= 0.6 is 0 Å². The van der Waals surface area contributed by atoms with Crippen molar-refractivity contribution in [2.45, 2.75) is 46.1 Å². The molecule has 1 unspecified atom stereocenters. The van der Waals surface area contributed by atoms with Crippen molar-refractivity contribution in [3.8, 4) is 0 Å². The second-order valence-corrected chi connectivity index (χ2v) is 6.29. The lowest BCUT2D eigenvalue weighted by atomic mass is 9.87. The molecule has 1 rings (SSSR count). The highest BCUT2D eigenvalue weighted by atomic mass is 16.4. The van der Waals surface area contributed by atoms with E-state index in [0.717, 1.165) is 5.76 Å². The van der Waals surface area contributed by atoms with E-state index in [4.69, 9.17) is 9.52 Å². The van der Waals surface area contributed by atoms with Crippen molar-refractivity contribution in [3.63, 3.8) is 0 Å². The Bertz CT molecular complexity index is 449. The van der Waals surface area contributed by atoms with Gasteiger partial charge in [0.15, 0.2) is 0 Å². The van der Waals surface area contributed by atoms with Gasteiger partial charge in [-0.05, 0) is 24.0 Å². The number of carbonyl (C=O) groups excluding carboxylic acids is 1. The second-order valence-electron chi connectivity index (χ2n) is 6.29. The van der Waals surface area contributed by atoms with E-state index in [9.17, 15) is 9.59 Å². The zero-order chi connectivity index (χ0) is 15.9. The monoisotopic (exact) mass is 296 g/mol. The molecular formula is C15H24N2O4. The molecule has 0 bridgehead atoms. The predicted molar refractivity (Wildman–Crippen MR) is 79.1 cm³/mol. The third-order valence-corrected chi connectivity index (χ3v) is 2.85. The van der Waals surface area contributed by atoms with Crippen molar-refractivity contribution in [2.24, 2.45) is 5.41 Å². The van der Waals surface area contributed by atoms with Crippen LogP contribution in [0.1, 0.15) is 39.4 Å². The van der Waals surface area contributed by atoms with Gasteiger partial charge in [-0.1, -0.05) is 20.8 Å². The molecule has 1 aromatic rings. The van der Waals surface area contributed by atoms with Gasteiger partial charge in [-0.15, -0.1) is 0 Å². The van der Waals surface area contributed by atoms with Crippen LogP contribution in [-0.4, -0.2) is 29.7 Å². The number of carboxylic acid groups (broad SMARTS) is 1. The summed E-state index contributed by atoms with van der Waals surface area (Å²) in [7, 11) is 0. The van der Waals surface area contributed by atoms with Gasteiger partial charge < -0.3 is 20.2 Å². The largest absolute Gasteiger partial charge is 0.481 e. The molecular weight excluding hydrogens is 272 g/mol. The third-order valence-electron chi connectivity index (χ3n) is 2.85. The van der Waals surface area contributed by atoms with Crippen molar-refractivity contribution < 1.29 is 19.1 Å². The molecule has 3 N–H and O–H groups in total. The van der Waals surface area contributed by atoms with Crippen LogP contribution in [0.15, 0.2) is 22.8 Å². The van der Waals surface area contributed by atoms with E-state index in [1.165, 1.54) is 0 Å². The number of rotatable bonds is 7. The molecule has 21 heavy (non-hydrogen) atoms. The normalized spacial score (nSPS) is 12.7.